The summed E-state index contributed by atoms with van der Waals surface area (Å²) in [6.45, 7) is 6.56. The summed E-state index contributed by atoms with van der Waals surface area (Å²) in [5.74, 6) is 0.471. The van der Waals surface area contributed by atoms with E-state index in [9.17, 15) is 9.59 Å². The van der Waals surface area contributed by atoms with Crippen LogP contribution in [0.15, 0.2) is 24.3 Å². The maximum atomic E-state index is 13.3. The molecule has 0 spiro atoms. The lowest BCUT2D eigenvalue weighted by Gasteiger charge is -2.28. The minimum Gasteiger partial charge on any atom is -0.378 e. The van der Waals surface area contributed by atoms with E-state index in [0.29, 0.717) is 48.3 Å². The van der Waals surface area contributed by atoms with E-state index in [1.807, 2.05) is 30.0 Å². The number of carbonyl (C=O) groups is 2. The molecule has 148 valence electrons. The maximum Gasteiger partial charge on any atom is 0.257 e. The number of rotatable bonds is 3. The van der Waals surface area contributed by atoms with Gasteiger partial charge in [-0.05, 0) is 49.8 Å². The summed E-state index contributed by atoms with van der Waals surface area (Å²) in [5.41, 5.74) is 3.50. The van der Waals surface area contributed by atoms with Gasteiger partial charge in [0, 0.05) is 23.5 Å². The highest BCUT2D eigenvalue weighted by Gasteiger charge is 2.31. The lowest BCUT2D eigenvalue weighted by molar-refractivity contribution is 0.0303. The van der Waals surface area contributed by atoms with Crippen molar-refractivity contribution in [3.8, 4) is 0 Å². The summed E-state index contributed by atoms with van der Waals surface area (Å²) in [6, 6.07) is 7.52. The molecule has 0 radical (unpaired) electrons. The van der Waals surface area contributed by atoms with Crippen LogP contribution in [-0.2, 0) is 17.6 Å². The van der Waals surface area contributed by atoms with E-state index in [1.165, 1.54) is 4.88 Å². The molecule has 1 aromatic heterocycles. The van der Waals surface area contributed by atoms with Crippen LogP contribution in [0.3, 0.4) is 0 Å². The predicted octanol–water partition coefficient (Wildman–Crippen LogP) is 3.91. The van der Waals surface area contributed by atoms with Crippen molar-refractivity contribution in [2.45, 2.75) is 33.1 Å². The number of aryl methyl sites for hydroxylation is 1. The number of nitrogens with one attached hydrogen (secondary N) is 1. The van der Waals surface area contributed by atoms with E-state index < -0.39 is 0 Å². The Bertz CT molecular complexity index is 899. The van der Waals surface area contributed by atoms with Crippen molar-refractivity contribution in [3.63, 3.8) is 0 Å². The molecule has 1 aromatic carbocycles. The Kier molecular flexibility index (Phi) is 5.51. The molecule has 2 amide bonds. The number of morpholine rings is 1. The van der Waals surface area contributed by atoms with Gasteiger partial charge in [0.1, 0.15) is 5.00 Å². The van der Waals surface area contributed by atoms with Crippen LogP contribution in [0.1, 0.15) is 50.1 Å². The third kappa shape index (κ3) is 3.84. The van der Waals surface area contributed by atoms with E-state index in [2.05, 4.69) is 12.2 Å². The first-order chi connectivity index (χ1) is 13.5. The molecule has 1 aliphatic heterocycles. The first-order valence-corrected chi connectivity index (χ1v) is 10.7. The Morgan fingerprint density at radius 2 is 2.04 bits per heavy atom. The van der Waals surface area contributed by atoms with Crippen molar-refractivity contribution >= 4 is 28.2 Å². The summed E-state index contributed by atoms with van der Waals surface area (Å²) >= 11 is 1.57. The summed E-state index contributed by atoms with van der Waals surface area (Å²) in [6.07, 6.45) is 2.96. The van der Waals surface area contributed by atoms with Gasteiger partial charge in [-0.1, -0.05) is 24.6 Å². The standard InChI is InChI=1S/C22H26N2O3S/c1-14-4-3-5-16(12-14)20(25)23-21-19(22(26)24-8-10-27-11-9-24)17-7-6-15(2)13-18(17)28-21/h3-5,12,15H,6-11,13H2,1-2H3,(H,23,25). The van der Waals surface area contributed by atoms with Crippen molar-refractivity contribution in [2.75, 3.05) is 31.6 Å². The van der Waals surface area contributed by atoms with E-state index >= 15 is 0 Å². The zero-order valence-corrected chi connectivity index (χ0v) is 17.2. The van der Waals surface area contributed by atoms with Gasteiger partial charge < -0.3 is 15.0 Å². The molecule has 1 aliphatic carbocycles. The summed E-state index contributed by atoms with van der Waals surface area (Å²) < 4.78 is 5.40. The van der Waals surface area contributed by atoms with Gasteiger partial charge in [-0.3, -0.25) is 9.59 Å². The van der Waals surface area contributed by atoms with Gasteiger partial charge in [0.05, 0.1) is 18.8 Å². The van der Waals surface area contributed by atoms with Crippen LogP contribution in [0.2, 0.25) is 0 Å². The van der Waals surface area contributed by atoms with Crippen LogP contribution >= 0.6 is 11.3 Å². The van der Waals surface area contributed by atoms with Crippen LogP contribution in [0.4, 0.5) is 5.00 Å². The Balaban J connectivity index is 1.67. The largest absolute Gasteiger partial charge is 0.378 e. The Morgan fingerprint density at radius 3 is 2.79 bits per heavy atom. The van der Waals surface area contributed by atoms with Crippen LogP contribution in [-0.4, -0.2) is 43.0 Å². The second-order valence-electron chi connectivity index (χ2n) is 7.78. The second-order valence-corrected chi connectivity index (χ2v) is 8.89. The van der Waals surface area contributed by atoms with E-state index in [1.54, 1.807) is 17.4 Å². The molecule has 4 rings (SSSR count). The number of amides is 2. The number of carbonyl (C=O) groups excluding carboxylic acids is 2. The molecule has 6 heteroatoms. The van der Waals surface area contributed by atoms with E-state index in [-0.39, 0.29) is 11.8 Å². The fourth-order valence-corrected chi connectivity index (χ4v) is 5.35. The highest BCUT2D eigenvalue weighted by Crippen LogP contribution is 2.40. The first-order valence-electron chi connectivity index (χ1n) is 9.92. The molecule has 0 bridgehead atoms. The lowest BCUT2D eigenvalue weighted by atomic mass is 9.88. The number of thiophene rings is 1. The number of benzene rings is 1. The Hall–Kier alpha value is -2.18. The number of fused-ring (bicyclic) bond motifs is 1. The molecule has 5 nitrogen and oxygen atoms in total. The minimum atomic E-state index is -0.161. The normalized spacial score (nSPS) is 19.2. The number of nitrogens with zero attached hydrogens (tertiary/aromatic N) is 1. The van der Waals surface area contributed by atoms with Gasteiger partial charge in [0.2, 0.25) is 0 Å². The van der Waals surface area contributed by atoms with E-state index in [0.717, 1.165) is 30.4 Å². The SMILES string of the molecule is Cc1cccc(C(=O)Nc2sc3c(c2C(=O)N2CCOCC2)CCC(C)C3)c1. The van der Waals surface area contributed by atoms with E-state index in [4.69, 9.17) is 4.74 Å². The van der Waals surface area contributed by atoms with Gasteiger partial charge in [0.15, 0.2) is 0 Å². The fourth-order valence-electron chi connectivity index (χ4n) is 3.95. The fraction of sp³-hybridized carbons (Fsp3) is 0.455. The number of hydrogen-bond acceptors (Lipinski definition) is 4. The zero-order valence-electron chi connectivity index (χ0n) is 16.4. The summed E-state index contributed by atoms with van der Waals surface area (Å²) in [5, 5.41) is 3.74. The highest BCUT2D eigenvalue weighted by molar-refractivity contribution is 7.17. The third-order valence-electron chi connectivity index (χ3n) is 5.53. The average molecular weight is 399 g/mol. The summed E-state index contributed by atoms with van der Waals surface area (Å²) in [7, 11) is 0. The van der Waals surface area contributed by atoms with Gasteiger partial charge >= 0.3 is 0 Å². The molecule has 1 unspecified atom stereocenters. The van der Waals surface area contributed by atoms with Crippen molar-refractivity contribution in [1.82, 2.24) is 4.90 Å². The van der Waals surface area contributed by atoms with Gasteiger partial charge in [-0.15, -0.1) is 11.3 Å². The molecule has 1 atom stereocenters. The molecule has 1 saturated heterocycles. The molecule has 0 saturated carbocycles. The second kappa shape index (κ2) is 8.05. The van der Waals surface area contributed by atoms with Crippen LogP contribution in [0, 0.1) is 12.8 Å². The molecular formula is C22H26N2O3S. The molecular weight excluding hydrogens is 372 g/mol. The minimum absolute atomic E-state index is 0.0231. The van der Waals surface area contributed by atoms with Crippen LogP contribution in [0.5, 0.6) is 0 Å². The van der Waals surface area contributed by atoms with Crippen molar-refractivity contribution < 1.29 is 14.3 Å². The number of ether oxygens (including phenoxy) is 1. The average Bonchev–Trinajstić information content (AvgIpc) is 3.04. The van der Waals surface area contributed by atoms with Crippen LogP contribution in [0.25, 0.3) is 0 Å². The molecule has 2 heterocycles. The molecule has 1 N–H and O–H groups in total. The lowest BCUT2D eigenvalue weighted by Crippen LogP contribution is -2.41. The van der Waals surface area contributed by atoms with Gasteiger partial charge in [-0.25, -0.2) is 0 Å². The topological polar surface area (TPSA) is 58.6 Å². The number of anilines is 1. The Morgan fingerprint density at radius 1 is 1.25 bits per heavy atom. The summed E-state index contributed by atoms with van der Waals surface area (Å²) in [4.78, 5) is 29.3. The van der Waals surface area contributed by atoms with Gasteiger partial charge in [0.25, 0.3) is 11.8 Å². The van der Waals surface area contributed by atoms with Crippen molar-refractivity contribution in [2.24, 2.45) is 5.92 Å². The van der Waals surface area contributed by atoms with Crippen LogP contribution < -0.4 is 5.32 Å². The van der Waals surface area contributed by atoms with Gasteiger partial charge in [-0.2, -0.15) is 0 Å². The molecule has 2 aliphatic rings. The molecule has 2 aromatic rings. The van der Waals surface area contributed by atoms with Crippen molar-refractivity contribution in [1.29, 1.82) is 0 Å². The third-order valence-corrected chi connectivity index (χ3v) is 6.70. The molecule has 28 heavy (non-hydrogen) atoms. The highest BCUT2D eigenvalue weighted by atomic mass is 32.1. The molecule has 1 fully saturated rings. The predicted molar refractivity (Wildman–Crippen MR) is 111 cm³/mol. The maximum absolute atomic E-state index is 13.3. The Labute approximate surface area is 169 Å². The zero-order chi connectivity index (χ0) is 19.7. The monoisotopic (exact) mass is 398 g/mol. The first kappa shape index (κ1) is 19.2. The van der Waals surface area contributed by atoms with Crippen molar-refractivity contribution in [3.05, 3.63) is 51.4 Å². The number of hydrogen-bond donors (Lipinski definition) is 1. The quantitative estimate of drug-likeness (QED) is 0.853. The smallest absolute Gasteiger partial charge is 0.257 e.